The topological polar surface area (TPSA) is 129 Å². The van der Waals surface area contributed by atoms with Gasteiger partial charge in [0.25, 0.3) is 0 Å². The van der Waals surface area contributed by atoms with E-state index in [9.17, 15) is 13.6 Å². The summed E-state index contributed by atoms with van der Waals surface area (Å²) in [6.07, 6.45) is 4.07. The van der Waals surface area contributed by atoms with Crippen molar-refractivity contribution in [2.75, 3.05) is 36.5 Å². The average molecular weight is 495 g/mol. The van der Waals surface area contributed by atoms with Gasteiger partial charge in [0.2, 0.25) is 11.9 Å². The summed E-state index contributed by atoms with van der Waals surface area (Å²) >= 11 is 0. The van der Waals surface area contributed by atoms with Crippen LogP contribution in [0.4, 0.5) is 20.5 Å². The van der Waals surface area contributed by atoms with E-state index in [2.05, 4.69) is 22.0 Å². The van der Waals surface area contributed by atoms with E-state index in [-0.39, 0.29) is 5.57 Å². The van der Waals surface area contributed by atoms with E-state index in [4.69, 9.17) is 20.4 Å². The highest BCUT2D eigenvalue weighted by molar-refractivity contribution is 6.17. The van der Waals surface area contributed by atoms with Crippen LogP contribution in [0.3, 0.4) is 0 Å². The van der Waals surface area contributed by atoms with Crippen LogP contribution >= 0.6 is 0 Å². The van der Waals surface area contributed by atoms with Gasteiger partial charge in [0.15, 0.2) is 17.0 Å². The predicted octanol–water partition coefficient (Wildman–Crippen LogP) is 2.35. The molecular weight excluding hydrogens is 472 g/mol. The molecule has 1 aliphatic heterocycles. The van der Waals surface area contributed by atoms with Crippen LogP contribution in [-0.4, -0.2) is 61.5 Å². The quantitative estimate of drug-likeness (QED) is 0.357. The predicted molar refractivity (Wildman–Crippen MR) is 129 cm³/mol. The minimum absolute atomic E-state index is 0.239. The first-order valence-corrected chi connectivity index (χ1v) is 11.1. The Kier molecular flexibility index (Phi) is 6.29. The molecule has 1 aliphatic rings. The number of nitrogens with two attached hydrogens (primary N) is 1. The minimum atomic E-state index is -2.75. The number of rotatable bonds is 8. The van der Waals surface area contributed by atoms with Gasteiger partial charge in [-0.2, -0.15) is 23.8 Å². The summed E-state index contributed by atoms with van der Waals surface area (Å²) in [6, 6.07) is 7.26. The molecule has 5 rings (SSSR count). The number of hydrogen-bond acceptors (Lipinski definition) is 8. The second-order valence-electron chi connectivity index (χ2n) is 8.11. The molecule has 0 unspecified atom stereocenters. The van der Waals surface area contributed by atoms with Crippen LogP contribution in [0.25, 0.3) is 22.4 Å². The molecule has 4 heterocycles. The van der Waals surface area contributed by atoms with Gasteiger partial charge in [0.05, 0.1) is 31.3 Å². The van der Waals surface area contributed by atoms with Crippen molar-refractivity contribution >= 4 is 34.4 Å². The van der Waals surface area contributed by atoms with Gasteiger partial charge in [-0.25, -0.2) is 9.67 Å². The van der Waals surface area contributed by atoms with E-state index in [0.29, 0.717) is 71.7 Å². The van der Waals surface area contributed by atoms with Crippen LogP contribution in [0.5, 0.6) is 0 Å². The Morgan fingerprint density at radius 3 is 2.61 bits per heavy atom. The molecule has 11 nitrogen and oxygen atoms in total. The number of nitrogens with one attached hydrogen (secondary N) is 1. The number of fused-ring (bicyclic) bond motifs is 1. The zero-order chi connectivity index (χ0) is 25.2. The van der Waals surface area contributed by atoms with Gasteiger partial charge < -0.3 is 20.7 Å². The van der Waals surface area contributed by atoms with Crippen molar-refractivity contribution < 1.29 is 18.3 Å². The van der Waals surface area contributed by atoms with E-state index in [0.717, 1.165) is 5.56 Å². The van der Waals surface area contributed by atoms with Crippen molar-refractivity contribution in [3.05, 3.63) is 60.7 Å². The number of morpholine rings is 1. The number of hydrogen-bond donors (Lipinski definition) is 2. The monoisotopic (exact) mass is 495 g/mol. The van der Waals surface area contributed by atoms with Gasteiger partial charge in [-0.3, -0.25) is 9.36 Å². The number of ether oxygens (including phenoxy) is 1. The third-order valence-electron chi connectivity index (χ3n) is 5.80. The molecule has 0 spiro atoms. The lowest BCUT2D eigenvalue weighted by Crippen LogP contribution is -2.37. The number of primary amides is 1. The van der Waals surface area contributed by atoms with E-state index < -0.39 is 12.5 Å². The van der Waals surface area contributed by atoms with Crippen molar-refractivity contribution in [1.29, 1.82) is 0 Å². The maximum atomic E-state index is 13.1. The fraction of sp³-hybridized carbons (Fsp3) is 0.261. The lowest BCUT2D eigenvalue weighted by molar-refractivity contribution is -0.112. The largest absolute Gasteiger partial charge is 0.378 e. The zero-order valence-electron chi connectivity index (χ0n) is 19.1. The molecule has 4 aromatic rings. The summed E-state index contributed by atoms with van der Waals surface area (Å²) in [5, 5.41) is 7.02. The molecule has 1 fully saturated rings. The summed E-state index contributed by atoms with van der Waals surface area (Å²) in [6.45, 7) is 3.69. The van der Waals surface area contributed by atoms with Gasteiger partial charge in [-0.1, -0.05) is 30.8 Å². The third-order valence-corrected chi connectivity index (χ3v) is 5.80. The Morgan fingerprint density at radius 1 is 1.19 bits per heavy atom. The number of imidazole rings is 1. The molecular formula is C23H23F2N9O2. The van der Waals surface area contributed by atoms with Crippen molar-refractivity contribution in [3.8, 4) is 5.69 Å². The zero-order valence-corrected chi connectivity index (χ0v) is 19.1. The number of alkyl halides is 2. The molecule has 36 heavy (non-hydrogen) atoms. The molecule has 0 atom stereocenters. The number of nitrogens with zero attached hydrogens (tertiary/aromatic N) is 7. The maximum absolute atomic E-state index is 13.1. The average Bonchev–Trinajstić information content (AvgIpc) is 3.55. The number of carbonyl (C=O) groups excluding carboxylic acids is 1. The summed E-state index contributed by atoms with van der Waals surface area (Å²) in [5.41, 5.74) is 8.45. The Hall–Kier alpha value is -4.39. The molecule has 13 heteroatoms. The number of halogens is 2. The molecule has 0 saturated carbocycles. The van der Waals surface area contributed by atoms with Gasteiger partial charge >= 0.3 is 6.55 Å². The number of anilines is 2. The number of amides is 1. The second-order valence-corrected chi connectivity index (χ2v) is 8.11. The lowest BCUT2D eigenvalue weighted by Gasteiger charge is -2.27. The van der Waals surface area contributed by atoms with E-state index in [1.54, 1.807) is 16.7 Å². The highest BCUT2D eigenvalue weighted by Crippen LogP contribution is 2.26. The molecule has 1 saturated heterocycles. The first-order valence-electron chi connectivity index (χ1n) is 11.1. The van der Waals surface area contributed by atoms with E-state index in [1.807, 2.05) is 17.0 Å². The van der Waals surface area contributed by atoms with Crippen molar-refractivity contribution in [1.82, 2.24) is 29.3 Å². The second kappa shape index (κ2) is 9.70. The molecule has 1 amide bonds. The van der Waals surface area contributed by atoms with Crippen molar-refractivity contribution in [2.45, 2.75) is 13.1 Å². The molecule has 0 bridgehead atoms. The lowest BCUT2D eigenvalue weighted by atomic mass is 10.1. The van der Waals surface area contributed by atoms with Crippen LogP contribution in [0.1, 0.15) is 17.7 Å². The van der Waals surface area contributed by atoms with Crippen LogP contribution in [0.15, 0.2) is 49.6 Å². The summed E-state index contributed by atoms with van der Waals surface area (Å²) in [5.74, 6) is 0.395. The Balaban J connectivity index is 1.48. The molecule has 0 aliphatic carbocycles. The first-order chi connectivity index (χ1) is 17.4. The smallest absolute Gasteiger partial charge is 0.333 e. The molecule has 3 N–H and O–H groups in total. The Labute approximate surface area is 204 Å². The van der Waals surface area contributed by atoms with E-state index >= 15 is 0 Å². The van der Waals surface area contributed by atoms with Gasteiger partial charge in [-0.15, -0.1) is 0 Å². The molecule has 3 aromatic heterocycles. The van der Waals surface area contributed by atoms with Gasteiger partial charge in [0.1, 0.15) is 6.33 Å². The summed E-state index contributed by atoms with van der Waals surface area (Å²) in [7, 11) is 0. The maximum Gasteiger partial charge on any atom is 0.333 e. The van der Waals surface area contributed by atoms with Crippen molar-refractivity contribution in [2.24, 2.45) is 5.73 Å². The third kappa shape index (κ3) is 4.60. The van der Waals surface area contributed by atoms with Crippen LogP contribution < -0.4 is 16.0 Å². The normalized spacial score (nSPS) is 13.9. The molecule has 0 radical (unpaired) electrons. The van der Waals surface area contributed by atoms with Gasteiger partial charge in [0, 0.05) is 25.2 Å². The SMILES string of the molecule is C=C(C(N)=O)c1ccc(CNc2nc(N3CCOCC3)nc3c2ncn3-c2cnn(C(F)F)c2)cc1. The number of aromatic nitrogens is 6. The first kappa shape index (κ1) is 23.4. The number of carbonyl (C=O) groups is 1. The Morgan fingerprint density at radius 2 is 1.94 bits per heavy atom. The van der Waals surface area contributed by atoms with Crippen LogP contribution in [0.2, 0.25) is 0 Å². The van der Waals surface area contributed by atoms with Crippen LogP contribution in [0, 0.1) is 0 Å². The summed E-state index contributed by atoms with van der Waals surface area (Å²) < 4.78 is 33.8. The van der Waals surface area contributed by atoms with E-state index in [1.165, 1.54) is 18.7 Å². The van der Waals surface area contributed by atoms with Gasteiger partial charge in [-0.05, 0) is 11.1 Å². The molecule has 186 valence electrons. The highest BCUT2D eigenvalue weighted by atomic mass is 19.3. The molecule has 1 aromatic carbocycles. The fourth-order valence-corrected chi connectivity index (χ4v) is 3.82. The standard InChI is InChI=1S/C23H23F2N9O2/c1-14(19(26)35)16-4-2-15(3-5-16)10-27-20-18-21(31-23(30-20)32-6-8-36-9-7-32)33(13-28-18)17-11-29-34(12-17)22(24)25/h2-5,11-13,22H,1,6-10H2,(H2,26,35)(H,27,30,31). The summed E-state index contributed by atoms with van der Waals surface area (Å²) in [4.78, 5) is 27.2. The highest BCUT2D eigenvalue weighted by Gasteiger charge is 2.21. The Bertz CT molecular complexity index is 1410. The van der Waals surface area contributed by atoms with Crippen LogP contribution in [-0.2, 0) is 16.1 Å². The number of benzene rings is 1. The van der Waals surface area contributed by atoms with Crippen molar-refractivity contribution in [3.63, 3.8) is 0 Å². The minimum Gasteiger partial charge on any atom is -0.378 e. The fourth-order valence-electron chi connectivity index (χ4n) is 3.82.